The number of hydrogen-bond donors (Lipinski definition) is 1. The van der Waals surface area contributed by atoms with E-state index < -0.39 is 29.0 Å². The molecule has 1 aliphatic rings. The van der Waals surface area contributed by atoms with Gasteiger partial charge < -0.3 is 10.1 Å². The molecule has 0 aliphatic carbocycles. The van der Waals surface area contributed by atoms with Crippen LogP contribution in [0.25, 0.3) is 0 Å². The first kappa shape index (κ1) is 18.0. The smallest absolute Gasteiger partial charge is 0.326 e. The number of nitrogens with one attached hydrogen (secondary N) is 1. The summed E-state index contributed by atoms with van der Waals surface area (Å²) in [6.45, 7) is 6.52. The van der Waals surface area contributed by atoms with Crippen molar-refractivity contribution < 1.29 is 19.1 Å². The fraction of sp³-hybridized carbons (Fsp3) is 0.500. The number of ether oxygens (including phenoxy) is 1. The topological polar surface area (TPSA) is 75.7 Å². The number of amides is 3. The zero-order valence-corrected chi connectivity index (χ0v) is 14.6. The summed E-state index contributed by atoms with van der Waals surface area (Å²) in [5.41, 5.74) is -0.576. The van der Waals surface area contributed by atoms with E-state index in [1.807, 2.05) is 30.3 Å². The van der Waals surface area contributed by atoms with E-state index in [0.717, 1.165) is 10.5 Å². The number of urea groups is 1. The Hall–Kier alpha value is -2.37. The third-order valence-corrected chi connectivity index (χ3v) is 3.81. The SMILES string of the molecule is CC(C)(C)OC(=O)CN1C(=O)N[C@](C)(CCc2ccccc2)C1=O. The van der Waals surface area contributed by atoms with E-state index >= 15 is 0 Å². The molecule has 0 spiro atoms. The van der Waals surface area contributed by atoms with Crippen molar-refractivity contribution in [2.45, 2.75) is 51.7 Å². The van der Waals surface area contributed by atoms with E-state index in [0.29, 0.717) is 12.8 Å². The molecular weight excluding hydrogens is 308 g/mol. The molecule has 1 fully saturated rings. The Morgan fingerprint density at radius 3 is 2.42 bits per heavy atom. The second-order valence-electron chi connectivity index (χ2n) is 7.23. The molecule has 0 saturated carbocycles. The number of carbonyl (C=O) groups excluding carboxylic acids is 3. The van der Waals surface area contributed by atoms with Crippen molar-refractivity contribution in [1.29, 1.82) is 0 Å². The maximum atomic E-state index is 12.6. The lowest BCUT2D eigenvalue weighted by Crippen LogP contribution is -2.45. The van der Waals surface area contributed by atoms with Crippen LogP contribution < -0.4 is 5.32 Å². The fourth-order valence-electron chi connectivity index (χ4n) is 2.60. The van der Waals surface area contributed by atoms with Gasteiger partial charge in [0.1, 0.15) is 17.7 Å². The number of esters is 1. The largest absolute Gasteiger partial charge is 0.459 e. The van der Waals surface area contributed by atoms with Crippen LogP contribution in [0, 0.1) is 0 Å². The highest BCUT2D eigenvalue weighted by Gasteiger charge is 2.48. The highest BCUT2D eigenvalue weighted by molar-refractivity contribution is 6.08. The van der Waals surface area contributed by atoms with Gasteiger partial charge in [0.05, 0.1) is 0 Å². The summed E-state index contributed by atoms with van der Waals surface area (Å²) >= 11 is 0. The Kier molecular flexibility index (Phi) is 4.96. The Morgan fingerprint density at radius 2 is 1.83 bits per heavy atom. The molecule has 0 bridgehead atoms. The van der Waals surface area contributed by atoms with Crippen LogP contribution in [0.4, 0.5) is 4.79 Å². The lowest BCUT2D eigenvalue weighted by Gasteiger charge is -2.23. The van der Waals surface area contributed by atoms with Gasteiger partial charge in [-0.25, -0.2) is 4.79 Å². The van der Waals surface area contributed by atoms with Crippen LogP contribution in [-0.4, -0.2) is 40.5 Å². The van der Waals surface area contributed by atoms with Gasteiger partial charge in [0.15, 0.2) is 0 Å². The van der Waals surface area contributed by atoms with Gasteiger partial charge in [-0.15, -0.1) is 0 Å². The molecule has 1 aromatic carbocycles. The summed E-state index contributed by atoms with van der Waals surface area (Å²) in [5, 5.41) is 2.70. The van der Waals surface area contributed by atoms with Crippen LogP contribution in [0.15, 0.2) is 30.3 Å². The lowest BCUT2D eigenvalue weighted by molar-refractivity contribution is -0.157. The second-order valence-corrected chi connectivity index (χ2v) is 7.23. The monoisotopic (exact) mass is 332 g/mol. The van der Waals surface area contributed by atoms with Crippen LogP contribution in [0.1, 0.15) is 39.7 Å². The molecule has 0 unspecified atom stereocenters. The van der Waals surface area contributed by atoms with Crippen molar-refractivity contribution in [2.75, 3.05) is 6.54 Å². The number of imide groups is 1. The zero-order chi connectivity index (χ0) is 18.0. The zero-order valence-electron chi connectivity index (χ0n) is 14.6. The maximum absolute atomic E-state index is 12.6. The molecule has 24 heavy (non-hydrogen) atoms. The molecule has 2 rings (SSSR count). The van der Waals surface area contributed by atoms with Gasteiger partial charge in [-0.3, -0.25) is 14.5 Å². The van der Waals surface area contributed by atoms with Crippen molar-refractivity contribution in [3.8, 4) is 0 Å². The molecule has 1 N–H and O–H groups in total. The van der Waals surface area contributed by atoms with Crippen molar-refractivity contribution in [3.05, 3.63) is 35.9 Å². The molecule has 6 nitrogen and oxygen atoms in total. The molecule has 1 aromatic rings. The Labute approximate surface area is 142 Å². The van der Waals surface area contributed by atoms with E-state index in [2.05, 4.69) is 5.32 Å². The van der Waals surface area contributed by atoms with Gasteiger partial charge in [0, 0.05) is 0 Å². The van der Waals surface area contributed by atoms with E-state index in [4.69, 9.17) is 4.74 Å². The summed E-state index contributed by atoms with van der Waals surface area (Å²) in [5.74, 6) is -0.993. The average molecular weight is 332 g/mol. The predicted molar refractivity (Wildman–Crippen MR) is 89.3 cm³/mol. The van der Waals surface area contributed by atoms with Crippen molar-refractivity contribution in [1.82, 2.24) is 10.2 Å². The number of nitrogens with zero attached hydrogens (tertiary/aromatic N) is 1. The van der Waals surface area contributed by atoms with Crippen LogP contribution in [0.2, 0.25) is 0 Å². The third-order valence-electron chi connectivity index (χ3n) is 3.81. The second kappa shape index (κ2) is 6.63. The summed E-state index contributed by atoms with van der Waals surface area (Å²) in [6.07, 6.45) is 1.12. The van der Waals surface area contributed by atoms with Gasteiger partial charge in [-0.1, -0.05) is 30.3 Å². The fourth-order valence-corrected chi connectivity index (χ4v) is 2.60. The number of carbonyl (C=O) groups is 3. The molecule has 0 aromatic heterocycles. The highest BCUT2D eigenvalue weighted by Crippen LogP contribution is 2.23. The standard InChI is InChI=1S/C18H24N2O4/c1-17(2,3)24-14(21)12-20-15(22)18(4,19-16(20)23)11-10-13-8-6-5-7-9-13/h5-9H,10-12H2,1-4H3,(H,19,23)/t18-/m1/s1. The first-order chi connectivity index (χ1) is 11.1. The van der Waals surface area contributed by atoms with Gasteiger partial charge in [-0.05, 0) is 46.1 Å². The Balaban J connectivity index is 2.00. The first-order valence-corrected chi connectivity index (χ1v) is 8.01. The quantitative estimate of drug-likeness (QED) is 0.663. The van der Waals surface area contributed by atoms with E-state index in [1.54, 1.807) is 27.7 Å². The Morgan fingerprint density at radius 1 is 1.21 bits per heavy atom. The summed E-state index contributed by atoms with van der Waals surface area (Å²) < 4.78 is 5.18. The third kappa shape index (κ3) is 4.34. The Bertz CT molecular complexity index is 636. The normalized spacial score (nSPS) is 20.9. The summed E-state index contributed by atoms with van der Waals surface area (Å²) in [6, 6.07) is 9.19. The minimum Gasteiger partial charge on any atom is -0.459 e. The molecule has 130 valence electrons. The van der Waals surface area contributed by atoms with Crippen molar-refractivity contribution >= 4 is 17.9 Å². The minimum atomic E-state index is -1.01. The van der Waals surface area contributed by atoms with E-state index in [1.165, 1.54) is 0 Å². The molecule has 1 atom stereocenters. The number of hydrogen-bond acceptors (Lipinski definition) is 4. The first-order valence-electron chi connectivity index (χ1n) is 8.01. The molecule has 1 aliphatic heterocycles. The molecule has 1 saturated heterocycles. The van der Waals surface area contributed by atoms with Gasteiger partial charge >= 0.3 is 12.0 Å². The number of benzene rings is 1. The molecule has 3 amide bonds. The van der Waals surface area contributed by atoms with Gasteiger partial charge in [0.25, 0.3) is 5.91 Å². The van der Waals surface area contributed by atoms with E-state index in [9.17, 15) is 14.4 Å². The summed E-state index contributed by atoms with van der Waals surface area (Å²) in [7, 11) is 0. The molecule has 6 heteroatoms. The van der Waals surface area contributed by atoms with Crippen LogP contribution in [0.5, 0.6) is 0 Å². The molecular formula is C18H24N2O4. The van der Waals surface area contributed by atoms with Gasteiger partial charge in [0.2, 0.25) is 0 Å². The minimum absolute atomic E-state index is 0.372. The van der Waals surface area contributed by atoms with Crippen molar-refractivity contribution in [2.24, 2.45) is 0 Å². The predicted octanol–water partition coefficient (Wildman–Crippen LogP) is 2.27. The van der Waals surface area contributed by atoms with Gasteiger partial charge in [-0.2, -0.15) is 0 Å². The highest BCUT2D eigenvalue weighted by atomic mass is 16.6. The van der Waals surface area contributed by atoms with Crippen LogP contribution in [0.3, 0.4) is 0 Å². The van der Waals surface area contributed by atoms with Crippen molar-refractivity contribution in [3.63, 3.8) is 0 Å². The number of aryl methyl sites for hydroxylation is 1. The lowest BCUT2D eigenvalue weighted by atomic mass is 9.93. The maximum Gasteiger partial charge on any atom is 0.326 e. The molecule has 0 radical (unpaired) electrons. The average Bonchev–Trinajstić information content (AvgIpc) is 2.68. The van der Waals surface area contributed by atoms with Crippen LogP contribution in [-0.2, 0) is 20.7 Å². The van der Waals surface area contributed by atoms with E-state index in [-0.39, 0.29) is 6.54 Å². The van der Waals surface area contributed by atoms with Crippen LogP contribution >= 0.6 is 0 Å². The molecule has 1 heterocycles. The number of rotatable bonds is 5. The summed E-state index contributed by atoms with van der Waals surface area (Å²) in [4.78, 5) is 37.5.